The fourth-order valence-corrected chi connectivity index (χ4v) is 1.08. The SMILES string of the molecule is N#CCC#Cc1cnc(N)s1. The molecule has 1 rings (SSSR count). The average molecular weight is 163 g/mol. The van der Waals surface area contributed by atoms with E-state index < -0.39 is 0 Å². The summed E-state index contributed by atoms with van der Waals surface area (Å²) < 4.78 is 0. The van der Waals surface area contributed by atoms with Crippen LogP contribution in [0.1, 0.15) is 11.3 Å². The standard InChI is InChI=1S/C7H5N3S/c8-4-2-1-3-6-5-10-7(9)11-6/h5H,2H2,(H2,9,10). The molecule has 0 radical (unpaired) electrons. The molecule has 11 heavy (non-hydrogen) atoms. The van der Waals surface area contributed by atoms with Gasteiger partial charge >= 0.3 is 0 Å². The van der Waals surface area contributed by atoms with E-state index in [0.717, 1.165) is 4.88 Å². The average Bonchev–Trinajstić information content (AvgIpc) is 2.37. The Morgan fingerprint density at radius 2 is 2.55 bits per heavy atom. The Morgan fingerprint density at radius 1 is 1.73 bits per heavy atom. The van der Waals surface area contributed by atoms with Gasteiger partial charge in [-0.25, -0.2) is 4.98 Å². The summed E-state index contributed by atoms with van der Waals surface area (Å²) in [7, 11) is 0. The van der Waals surface area contributed by atoms with Crippen LogP contribution in [0, 0.1) is 23.2 Å². The molecule has 0 amide bonds. The Balaban J connectivity index is 2.68. The fraction of sp³-hybridized carbons (Fsp3) is 0.143. The second-order valence-corrected chi connectivity index (χ2v) is 2.76. The molecule has 0 aliphatic carbocycles. The summed E-state index contributed by atoms with van der Waals surface area (Å²) in [6.07, 6.45) is 1.85. The lowest BCUT2D eigenvalue weighted by Gasteiger charge is -1.72. The van der Waals surface area contributed by atoms with Crippen LogP contribution in [0.4, 0.5) is 5.13 Å². The summed E-state index contributed by atoms with van der Waals surface area (Å²) in [6, 6.07) is 1.92. The van der Waals surface area contributed by atoms with Crippen LogP contribution in [0.15, 0.2) is 6.20 Å². The van der Waals surface area contributed by atoms with Gasteiger partial charge in [-0.1, -0.05) is 23.2 Å². The van der Waals surface area contributed by atoms with Gasteiger partial charge in [-0.3, -0.25) is 0 Å². The van der Waals surface area contributed by atoms with Gasteiger partial charge in [0.05, 0.1) is 23.6 Å². The first kappa shape index (κ1) is 7.59. The smallest absolute Gasteiger partial charge is 0.181 e. The van der Waals surface area contributed by atoms with E-state index in [1.165, 1.54) is 11.3 Å². The zero-order chi connectivity index (χ0) is 8.10. The number of nitriles is 1. The third kappa shape index (κ3) is 2.29. The van der Waals surface area contributed by atoms with Crippen molar-refractivity contribution in [1.29, 1.82) is 5.26 Å². The molecular formula is C7H5N3S. The van der Waals surface area contributed by atoms with Crippen molar-refractivity contribution >= 4 is 16.5 Å². The first-order valence-corrected chi connectivity index (χ1v) is 3.71. The van der Waals surface area contributed by atoms with Crippen molar-refractivity contribution in [2.75, 3.05) is 5.73 Å². The van der Waals surface area contributed by atoms with Gasteiger partial charge in [0, 0.05) is 0 Å². The summed E-state index contributed by atoms with van der Waals surface area (Å²) in [5.74, 6) is 5.44. The highest BCUT2D eigenvalue weighted by Crippen LogP contribution is 2.12. The van der Waals surface area contributed by atoms with E-state index >= 15 is 0 Å². The molecule has 54 valence electrons. The molecule has 1 aromatic heterocycles. The molecule has 2 N–H and O–H groups in total. The Bertz CT molecular complexity index is 337. The van der Waals surface area contributed by atoms with Crippen molar-refractivity contribution in [3.63, 3.8) is 0 Å². The maximum Gasteiger partial charge on any atom is 0.181 e. The molecule has 0 atom stereocenters. The van der Waals surface area contributed by atoms with Gasteiger partial charge in [-0.2, -0.15) is 5.26 Å². The molecule has 4 heteroatoms. The van der Waals surface area contributed by atoms with Gasteiger partial charge in [0.2, 0.25) is 0 Å². The lowest BCUT2D eigenvalue weighted by atomic mass is 10.4. The molecular weight excluding hydrogens is 158 g/mol. The summed E-state index contributed by atoms with van der Waals surface area (Å²) in [5.41, 5.74) is 5.36. The monoisotopic (exact) mass is 163 g/mol. The minimum absolute atomic E-state index is 0.248. The van der Waals surface area contributed by atoms with E-state index in [1.807, 2.05) is 6.07 Å². The van der Waals surface area contributed by atoms with Crippen molar-refractivity contribution in [1.82, 2.24) is 4.98 Å². The molecule has 0 aliphatic rings. The second kappa shape index (κ2) is 3.60. The number of rotatable bonds is 0. The van der Waals surface area contributed by atoms with Crippen LogP contribution < -0.4 is 5.73 Å². The van der Waals surface area contributed by atoms with Crippen LogP contribution in [0.5, 0.6) is 0 Å². The molecule has 1 aromatic rings. The Kier molecular flexibility index (Phi) is 2.48. The lowest BCUT2D eigenvalue weighted by molar-refractivity contribution is 1.39. The highest BCUT2D eigenvalue weighted by molar-refractivity contribution is 7.15. The van der Waals surface area contributed by atoms with Gasteiger partial charge in [-0.05, 0) is 0 Å². The fourth-order valence-electron chi connectivity index (χ4n) is 0.516. The van der Waals surface area contributed by atoms with E-state index in [9.17, 15) is 0 Å². The third-order valence-electron chi connectivity index (χ3n) is 0.903. The topological polar surface area (TPSA) is 62.7 Å². The number of hydrogen-bond acceptors (Lipinski definition) is 4. The number of nitrogens with two attached hydrogens (primary N) is 1. The first-order chi connectivity index (χ1) is 5.33. The first-order valence-electron chi connectivity index (χ1n) is 2.90. The van der Waals surface area contributed by atoms with Crippen LogP contribution in [0.3, 0.4) is 0 Å². The van der Waals surface area contributed by atoms with Gasteiger partial charge in [0.15, 0.2) is 5.13 Å². The van der Waals surface area contributed by atoms with Crippen molar-refractivity contribution in [3.05, 3.63) is 11.1 Å². The van der Waals surface area contributed by atoms with Crippen LogP contribution in [0.25, 0.3) is 0 Å². The molecule has 0 saturated heterocycles. The maximum absolute atomic E-state index is 8.16. The number of nitrogen functional groups attached to an aromatic ring is 1. The van der Waals surface area contributed by atoms with E-state index in [1.54, 1.807) is 6.20 Å². The summed E-state index contributed by atoms with van der Waals surface area (Å²) >= 11 is 1.32. The number of anilines is 1. The number of nitrogens with zero attached hydrogens (tertiary/aromatic N) is 2. The predicted octanol–water partition coefficient (Wildman–Crippen LogP) is 0.990. The minimum Gasteiger partial charge on any atom is -0.375 e. The highest BCUT2D eigenvalue weighted by Gasteiger charge is 1.91. The van der Waals surface area contributed by atoms with Gasteiger partial charge < -0.3 is 5.73 Å². The molecule has 0 unspecified atom stereocenters. The van der Waals surface area contributed by atoms with Gasteiger partial charge in [0.1, 0.15) is 0 Å². The lowest BCUT2D eigenvalue weighted by Crippen LogP contribution is -1.77. The second-order valence-electron chi connectivity index (χ2n) is 1.70. The van der Waals surface area contributed by atoms with E-state index in [2.05, 4.69) is 16.8 Å². The summed E-state index contributed by atoms with van der Waals surface area (Å²) in [5, 5.41) is 8.67. The maximum atomic E-state index is 8.16. The van der Waals surface area contributed by atoms with Crippen molar-refractivity contribution in [2.45, 2.75) is 6.42 Å². The van der Waals surface area contributed by atoms with Gasteiger partial charge in [0.25, 0.3) is 0 Å². The van der Waals surface area contributed by atoms with E-state index in [0.29, 0.717) is 5.13 Å². The highest BCUT2D eigenvalue weighted by atomic mass is 32.1. The Hall–Kier alpha value is -1.52. The predicted molar refractivity (Wildman–Crippen MR) is 43.6 cm³/mol. The third-order valence-corrected chi connectivity index (χ3v) is 1.64. The Labute approximate surface area is 68.5 Å². The molecule has 0 saturated carbocycles. The van der Waals surface area contributed by atoms with Crippen LogP contribution >= 0.6 is 11.3 Å². The Morgan fingerprint density at radius 3 is 3.09 bits per heavy atom. The molecule has 0 fully saturated rings. The number of aromatic nitrogens is 1. The largest absolute Gasteiger partial charge is 0.375 e. The van der Waals surface area contributed by atoms with Crippen molar-refractivity contribution in [2.24, 2.45) is 0 Å². The molecule has 0 bridgehead atoms. The number of thiazole rings is 1. The quantitative estimate of drug-likeness (QED) is 0.580. The van der Waals surface area contributed by atoms with Crippen LogP contribution in [0.2, 0.25) is 0 Å². The molecule has 0 aliphatic heterocycles. The van der Waals surface area contributed by atoms with Crippen molar-refractivity contribution in [3.8, 4) is 17.9 Å². The zero-order valence-electron chi connectivity index (χ0n) is 5.66. The molecule has 3 nitrogen and oxygen atoms in total. The number of hydrogen-bond donors (Lipinski definition) is 1. The summed E-state index contributed by atoms with van der Waals surface area (Å²) in [4.78, 5) is 4.61. The molecule has 1 heterocycles. The molecule has 0 spiro atoms. The van der Waals surface area contributed by atoms with Crippen LogP contribution in [-0.2, 0) is 0 Å². The van der Waals surface area contributed by atoms with E-state index in [4.69, 9.17) is 11.0 Å². The normalized spacial score (nSPS) is 7.91. The van der Waals surface area contributed by atoms with Crippen molar-refractivity contribution < 1.29 is 0 Å². The zero-order valence-corrected chi connectivity index (χ0v) is 6.48. The molecule has 0 aromatic carbocycles. The van der Waals surface area contributed by atoms with E-state index in [-0.39, 0.29) is 6.42 Å². The van der Waals surface area contributed by atoms with Gasteiger partial charge in [-0.15, -0.1) is 0 Å². The minimum atomic E-state index is 0.248. The van der Waals surface area contributed by atoms with Crippen LogP contribution in [-0.4, -0.2) is 4.98 Å². The summed E-state index contributed by atoms with van der Waals surface area (Å²) in [6.45, 7) is 0.